The minimum atomic E-state index is -0.448. The fourth-order valence-electron chi connectivity index (χ4n) is 2.57. The second-order valence-corrected chi connectivity index (χ2v) is 5.12. The molecule has 3 rings (SSSR count). The summed E-state index contributed by atoms with van der Waals surface area (Å²) in [6, 6.07) is 13.1. The number of benzene rings is 2. The molecule has 0 atom stereocenters. The van der Waals surface area contributed by atoms with Crippen molar-refractivity contribution >= 4 is 17.5 Å². The van der Waals surface area contributed by atoms with E-state index in [1.54, 1.807) is 11.0 Å². The van der Waals surface area contributed by atoms with Crippen molar-refractivity contribution in [2.45, 2.75) is 6.42 Å². The highest BCUT2D eigenvalue weighted by Gasteiger charge is 2.26. The van der Waals surface area contributed by atoms with E-state index in [-0.39, 0.29) is 17.4 Å². The summed E-state index contributed by atoms with van der Waals surface area (Å²) in [4.78, 5) is 25.6. The minimum Gasteiger partial charge on any atom is -0.350 e. The molecule has 0 radical (unpaired) electrons. The van der Waals surface area contributed by atoms with Crippen LogP contribution in [0.25, 0.3) is 0 Å². The molecule has 0 unspecified atom stereocenters. The van der Waals surface area contributed by atoms with E-state index in [1.165, 1.54) is 18.2 Å². The third-order valence-corrected chi connectivity index (χ3v) is 3.63. The first-order chi connectivity index (χ1) is 10.6. The lowest BCUT2D eigenvalue weighted by atomic mass is 10.2. The van der Waals surface area contributed by atoms with Crippen LogP contribution in [0, 0.1) is 5.82 Å². The Morgan fingerprint density at radius 2 is 2.00 bits per heavy atom. The normalized spacial score (nSPS) is 13.1. The van der Waals surface area contributed by atoms with Crippen LogP contribution in [-0.2, 0) is 11.2 Å². The van der Waals surface area contributed by atoms with E-state index in [0.717, 1.165) is 11.3 Å². The molecule has 112 valence electrons. The molecule has 4 nitrogen and oxygen atoms in total. The van der Waals surface area contributed by atoms with E-state index in [0.29, 0.717) is 19.5 Å². The van der Waals surface area contributed by atoms with Gasteiger partial charge < -0.3 is 10.2 Å². The lowest BCUT2D eigenvalue weighted by Crippen LogP contribution is -2.36. The number of halogens is 1. The number of carbonyl (C=O) groups is 2. The van der Waals surface area contributed by atoms with E-state index in [9.17, 15) is 14.0 Å². The number of para-hydroxylation sites is 1. The summed E-state index contributed by atoms with van der Waals surface area (Å²) in [5.41, 5.74) is 2.17. The Labute approximate surface area is 127 Å². The first-order valence-electron chi connectivity index (χ1n) is 7.07. The van der Waals surface area contributed by atoms with E-state index >= 15 is 0 Å². The van der Waals surface area contributed by atoms with Gasteiger partial charge in [-0.25, -0.2) is 4.39 Å². The minimum absolute atomic E-state index is 0.0289. The van der Waals surface area contributed by atoms with Crippen LogP contribution in [0.4, 0.5) is 10.1 Å². The average molecular weight is 298 g/mol. The number of fused-ring (bicyclic) bond motifs is 1. The fourth-order valence-corrected chi connectivity index (χ4v) is 2.57. The molecule has 22 heavy (non-hydrogen) atoms. The molecule has 0 saturated carbocycles. The maximum Gasteiger partial charge on any atom is 0.251 e. The average Bonchev–Trinajstić information content (AvgIpc) is 2.83. The van der Waals surface area contributed by atoms with Gasteiger partial charge in [-0.15, -0.1) is 0 Å². The van der Waals surface area contributed by atoms with Crippen LogP contribution in [0.2, 0.25) is 0 Å². The third-order valence-electron chi connectivity index (χ3n) is 3.63. The van der Waals surface area contributed by atoms with Crippen molar-refractivity contribution in [3.05, 3.63) is 65.5 Å². The molecule has 2 amide bonds. The van der Waals surface area contributed by atoms with Crippen LogP contribution in [0.15, 0.2) is 48.5 Å². The van der Waals surface area contributed by atoms with Gasteiger partial charge in [-0.05, 0) is 29.8 Å². The van der Waals surface area contributed by atoms with Crippen molar-refractivity contribution < 1.29 is 14.0 Å². The van der Waals surface area contributed by atoms with Crippen LogP contribution in [0.1, 0.15) is 15.9 Å². The standard InChI is InChI=1S/C17H15FN2O2/c18-14-6-3-5-13(10-14)17(22)19-8-9-20-15-7-2-1-4-12(15)11-16(20)21/h1-7,10H,8-9,11H2,(H,19,22). The zero-order chi connectivity index (χ0) is 15.5. The molecule has 1 N–H and O–H groups in total. The molecule has 1 aliphatic heterocycles. The van der Waals surface area contributed by atoms with Crippen molar-refractivity contribution in [3.8, 4) is 0 Å². The van der Waals surface area contributed by atoms with Gasteiger partial charge in [-0.2, -0.15) is 0 Å². The number of anilines is 1. The Kier molecular flexibility index (Phi) is 3.87. The maximum atomic E-state index is 13.1. The van der Waals surface area contributed by atoms with E-state index < -0.39 is 5.82 Å². The molecule has 0 aromatic heterocycles. The highest BCUT2D eigenvalue weighted by molar-refractivity contribution is 6.01. The predicted molar refractivity (Wildman–Crippen MR) is 81.2 cm³/mol. The van der Waals surface area contributed by atoms with Gasteiger partial charge in [0.05, 0.1) is 6.42 Å². The summed E-state index contributed by atoms with van der Waals surface area (Å²) >= 11 is 0. The number of amides is 2. The summed E-state index contributed by atoms with van der Waals surface area (Å²) in [7, 11) is 0. The van der Waals surface area contributed by atoms with E-state index in [1.807, 2.05) is 24.3 Å². The van der Waals surface area contributed by atoms with Crippen molar-refractivity contribution in [3.63, 3.8) is 0 Å². The zero-order valence-electron chi connectivity index (χ0n) is 11.9. The van der Waals surface area contributed by atoms with E-state index in [4.69, 9.17) is 0 Å². The predicted octanol–water partition coefficient (Wildman–Crippen LogP) is 2.14. The van der Waals surface area contributed by atoms with Crippen molar-refractivity contribution in [2.24, 2.45) is 0 Å². The van der Waals surface area contributed by atoms with Crippen LogP contribution < -0.4 is 10.2 Å². The molecular formula is C17H15FN2O2. The van der Waals surface area contributed by atoms with Gasteiger partial charge in [0.1, 0.15) is 5.82 Å². The number of nitrogens with zero attached hydrogens (tertiary/aromatic N) is 1. The second-order valence-electron chi connectivity index (χ2n) is 5.12. The van der Waals surface area contributed by atoms with Crippen LogP contribution in [-0.4, -0.2) is 24.9 Å². The summed E-state index contributed by atoms with van der Waals surface area (Å²) in [6.07, 6.45) is 0.397. The quantitative estimate of drug-likeness (QED) is 0.940. The Morgan fingerprint density at radius 1 is 1.18 bits per heavy atom. The molecule has 5 heteroatoms. The molecule has 0 saturated heterocycles. The monoisotopic (exact) mass is 298 g/mol. The Morgan fingerprint density at radius 3 is 2.82 bits per heavy atom. The first kappa shape index (κ1) is 14.3. The Bertz CT molecular complexity index is 730. The van der Waals surface area contributed by atoms with Crippen molar-refractivity contribution in [1.82, 2.24) is 5.32 Å². The second kappa shape index (κ2) is 5.97. The van der Waals surface area contributed by atoms with Gasteiger partial charge in [0, 0.05) is 24.3 Å². The first-order valence-corrected chi connectivity index (χ1v) is 7.07. The summed E-state index contributed by atoms with van der Waals surface area (Å²) in [5, 5.41) is 2.70. The largest absolute Gasteiger partial charge is 0.350 e. The molecule has 0 bridgehead atoms. The maximum absolute atomic E-state index is 13.1. The number of nitrogens with one attached hydrogen (secondary N) is 1. The van der Waals surface area contributed by atoms with Crippen LogP contribution >= 0.6 is 0 Å². The van der Waals surface area contributed by atoms with Gasteiger partial charge in [-0.1, -0.05) is 24.3 Å². The number of rotatable bonds is 4. The van der Waals surface area contributed by atoms with Gasteiger partial charge >= 0.3 is 0 Å². The van der Waals surface area contributed by atoms with Gasteiger partial charge in [-0.3, -0.25) is 9.59 Å². The van der Waals surface area contributed by atoms with Crippen molar-refractivity contribution in [1.29, 1.82) is 0 Å². The van der Waals surface area contributed by atoms with Gasteiger partial charge in [0.2, 0.25) is 5.91 Å². The highest BCUT2D eigenvalue weighted by atomic mass is 19.1. The Hall–Kier alpha value is -2.69. The smallest absolute Gasteiger partial charge is 0.251 e. The lowest BCUT2D eigenvalue weighted by molar-refractivity contribution is -0.117. The molecule has 0 aliphatic carbocycles. The molecular weight excluding hydrogens is 283 g/mol. The van der Waals surface area contributed by atoms with Gasteiger partial charge in [0.25, 0.3) is 5.91 Å². The molecule has 2 aromatic rings. The summed E-state index contributed by atoms with van der Waals surface area (Å²) in [6.45, 7) is 0.715. The number of hydrogen-bond acceptors (Lipinski definition) is 2. The van der Waals surface area contributed by atoms with Crippen LogP contribution in [0.3, 0.4) is 0 Å². The fraction of sp³-hybridized carbons (Fsp3) is 0.176. The van der Waals surface area contributed by atoms with Gasteiger partial charge in [0.15, 0.2) is 0 Å². The number of hydrogen-bond donors (Lipinski definition) is 1. The molecule has 2 aromatic carbocycles. The Balaban J connectivity index is 1.60. The summed E-state index contributed by atoms with van der Waals surface area (Å²) < 4.78 is 13.1. The summed E-state index contributed by atoms with van der Waals surface area (Å²) in [5.74, 6) is -0.767. The molecule has 0 spiro atoms. The topological polar surface area (TPSA) is 49.4 Å². The number of carbonyl (C=O) groups excluding carboxylic acids is 2. The molecule has 0 fully saturated rings. The zero-order valence-corrected chi connectivity index (χ0v) is 11.9. The highest BCUT2D eigenvalue weighted by Crippen LogP contribution is 2.27. The molecule has 1 aliphatic rings. The third kappa shape index (κ3) is 2.83. The van der Waals surface area contributed by atoms with Crippen LogP contribution in [0.5, 0.6) is 0 Å². The molecule has 1 heterocycles. The van der Waals surface area contributed by atoms with Crippen molar-refractivity contribution in [2.75, 3.05) is 18.0 Å². The van der Waals surface area contributed by atoms with E-state index in [2.05, 4.69) is 5.32 Å². The SMILES string of the molecule is O=C(NCCN1C(=O)Cc2ccccc21)c1cccc(F)c1. The lowest BCUT2D eigenvalue weighted by Gasteiger charge is -2.17.